The first-order valence-electron chi connectivity index (χ1n) is 8.05. The summed E-state index contributed by atoms with van der Waals surface area (Å²) in [5.41, 5.74) is 1.93. The van der Waals surface area contributed by atoms with Gasteiger partial charge in [0.2, 0.25) is 17.6 Å². The van der Waals surface area contributed by atoms with Crippen molar-refractivity contribution in [2.45, 2.75) is 25.8 Å². The molecule has 0 radical (unpaired) electrons. The predicted molar refractivity (Wildman–Crippen MR) is 98.8 cm³/mol. The Bertz CT molecular complexity index is 849. The molecule has 1 amide bonds. The summed E-state index contributed by atoms with van der Waals surface area (Å²) in [5, 5.41) is 6.95. The number of nitrogens with one attached hydrogen (secondary N) is 1. The molecule has 0 spiro atoms. The van der Waals surface area contributed by atoms with E-state index in [1.165, 1.54) is 0 Å². The lowest BCUT2D eigenvalue weighted by atomic mass is 10.1. The van der Waals surface area contributed by atoms with Gasteiger partial charge in [0, 0.05) is 22.9 Å². The molecule has 1 atom stereocenters. The van der Waals surface area contributed by atoms with Gasteiger partial charge in [-0.05, 0) is 18.6 Å². The fraction of sp³-hybridized carbons (Fsp3) is 0.211. The summed E-state index contributed by atoms with van der Waals surface area (Å²) >= 11 is 3.50. The van der Waals surface area contributed by atoms with Gasteiger partial charge in [-0.25, -0.2) is 0 Å². The molecule has 5 nitrogen and oxygen atoms in total. The van der Waals surface area contributed by atoms with E-state index in [1.54, 1.807) is 0 Å². The van der Waals surface area contributed by atoms with Gasteiger partial charge in [-0.3, -0.25) is 4.79 Å². The van der Waals surface area contributed by atoms with E-state index in [-0.39, 0.29) is 11.9 Å². The number of aryl methyl sites for hydroxylation is 1. The first kappa shape index (κ1) is 17.4. The van der Waals surface area contributed by atoms with Crippen molar-refractivity contribution in [1.82, 2.24) is 15.5 Å². The molecule has 0 fully saturated rings. The average molecular weight is 400 g/mol. The van der Waals surface area contributed by atoms with Gasteiger partial charge in [-0.1, -0.05) is 69.6 Å². The van der Waals surface area contributed by atoms with Gasteiger partial charge in [0.15, 0.2) is 0 Å². The Morgan fingerprint density at radius 3 is 2.64 bits per heavy atom. The average Bonchev–Trinajstić information content (AvgIpc) is 3.10. The molecule has 0 bridgehead atoms. The second kappa shape index (κ2) is 8.07. The van der Waals surface area contributed by atoms with Crippen LogP contribution in [0.5, 0.6) is 0 Å². The van der Waals surface area contributed by atoms with Crippen molar-refractivity contribution in [2.24, 2.45) is 0 Å². The Morgan fingerprint density at radius 1 is 1.16 bits per heavy atom. The Labute approximate surface area is 154 Å². The van der Waals surface area contributed by atoms with Crippen molar-refractivity contribution in [3.63, 3.8) is 0 Å². The second-order valence-corrected chi connectivity index (χ2v) is 6.54. The van der Waals surface area contributed by atoms with Crippen molar-refractivity contribution < 1.29 is 9.32 Å². The third kappa shape index (κ3) is 4.54. The van der Waals surface area contributed by atoms with Crippen LogP contribution < -0.4 is 5.32 Å². The Kier molecular flexibility index (Phi) is 5.60. The van der Waals surface area contributed by atoms with Crippen LogP contribution in [0.2, 0.25) is 0 Å². The normalized spacial score (nSPS) is 11.9. The third-order valence-electron chi connectivity index (χ3n) is 3.82. The topological polar surface area (TPSA) is 68.0 Å². The van der Waals surface area contributed by atoms with Gasteiger partial charge in [0.05, 0.1) is 6.04 Å². The minimum atomic E-state index is -0.0781. The highest BCUT2D eigenvalue weighted by Crippen LogP contribution is 2.22. The summed E-state index contributed by atoms with van der Waals surface area (Å²) in [7, 11) is 0. The van der Waals surface area contributed by atoms with E-state index in [2.05, 4.69) is 31.4 Å². The van der Waals surface area contributed by atoms with Gasteiger partial charge >= 0.3 is 0 Å². The number of benzene rings is 2. The quantitative estimate of drug-likeness (QED) is 0.670. The highest BCUT2D eigenvalue weighted by Gasteiger charge is 2.14. The van der Waals surface area contributed by atoms with Crippen LogP contribution in [0.25, 0.3) is 11.4 Å². The van der Waals surface area contributed by atoms with Crippen LogP contribution >= 0.6 is 15.9 Å². The lowest BCUT2D eigenvalue weighted by molar-refractivity contribution is -0.121. The number of halogens is 1. The van der Waals surface area contributed by atoms with E-state index in [1.807, 2.05) is 61.5 Å². The molecular weight excluding hydrogens is 382 g/mol. The fourth-order valence-corrected chi connectivity index (χ4v) is 3.13. The molecule has 1 N–H and O–H groups in total. The van der Waals surface area contributed by atoms with Gasteiger partial charge in [-0.2, -0.15) is 4.98 Å². The maximum Gasteiger partial charge on any atom is 0.227 e. The van der Waals surface area contributed by atoms with Crippen LogP contribution in [0.15, 0.2) is 63.6 Å². The van der Waals surface area contributed by atoms with Crippen LogP contribution in [0.3, 0.4) is 0 Å². The van der Waals surface area contributed by atoms with Crippen LogP contribution in [0.1, 0.15) is 30.8 Å². The highest BCUT2D eigenvalue weighted by atomic mass is 79.9. The zero-order chi connectivity index (χ0) is 17.6. The van der Waals surface area contributed by atoms with E-state index < -0.39 is 0 Å². The van der Waals surface area contributed by atoms with E-state index in [0.29, 0.717) is 24.6 Å². The fourth-order valence-electron chi connectivity index (χ4n) is 2.50. The van der Waals surface area contributed by atoms with Crippen LogP contribution in [0.4, 0.5) is 0 Å². The molecule has 3 rings (SSSR count). The largest absolute Gasteiger partial charge is 0.350 e. The Balaban J connectivity index is 1.54. The number of nitrogens with zero attached hydrogens (tertiary/aromatic N) is 2. The summed E-state index contributed by atoms with van der Waals surface area (Å²) in [5.74, 6) is 0.947. The number of carbonyl (C=O) groups excluding carboxylic acids is 1. The van der Waals surface area contributed by atoms with E-state index in [9.17, 15) is 4.79 Å². The molecule has 0 unspecified atom stereocenters. The molecule has 2 aromatic carbocycles. The zero-order valence-electron chi connectivity index (χ0n) is 13.8. The second-order valence-electron chi connectivity index (χ2n) is 5.69. The minimum Gasteiger partial charge on any atom is -0.350 e. The molecule has 6 heteroatoms. The molecule has 0 saturated carbocycles. The number of hydrogen-bond donors (Lipinski definition) is 1. The predicted octanol–water partition coefficient (Wildman–Crippen LogP) is 4.31. The van der Waals surface area contributed by atoms with Crippen molar-refractivity contribution in [3.8, 4) is 11.4 Å². The maximum absolute atomic E-state index is 12.2. The molecule has 25 heavy (non-hydrogen) atoms. The lowest BCUT2D eigenvalue weighted by Gasteiger charge is -2.15. The third-order valence-corrected chi connectivity index (χ3v) is 4.54. The summed E-state index contributed by atoms with van der Waals surface area (Å²) in [4.78, 5) is 16.5. The summed E-state index contributed by atoms with van der Waals surface area (Å²) in [6.45, 7) is 1.96. The van der Waals surface area contributed by atoms with E-state index in [4.69, 9.17) is 4.52 Å². The number of amides is 1. The van der Waals surface area contributed by atoms with Gasteiger partial charge in [0.1, 0.15) is 0 Å². The molecule has 0 aliphatic carbocycles. The van der Waals surface area contributed by atoms with E-state index >= 15 is 0 Å². The first-order chi connectivity index (χ1) is 12.1. The monoisotopic (exact) mass is 399 g/mol. The van der Waals surface area contributed by atoms with Crippen LogP contribution in [0, 0.1) is 0 Å². The maximum atomic E-state index is 12.2. The number of hydrogen-bond acceptors (Lipinski definition) is 4. The van der Waals surface area contributed by atoms with Crippen LogP contribution in [-0.2, 0) is 11.2 Å². The smallest absolute Gasteiger partial charge is 0.227 e. The SMILES string of the molecule is C[C@H](NC(=O)CCc1nc(-c2ccccc2)no1)c1ccccc1Br. The summed E-state index contributed by atoms with van der Waals surface area (Å²) in [6.07, 6.45) is 0.708. The van der Waals surface area contributed by atoms with Gasteiger partial charge in [0.25, 0.3) is 0 Å². The summed E-state index contributed by atoms with van der Waals surface area (Å²) in [6, 6.07) is 17.4. The molecule has 1 heterocycles. The minimum absolute atomic E-state index is 0.0530. The number of rotatable bonds is 6. The number of carbonyl (C=O) groups is 1. The highest BCUT2D eigenvalue weighted by molar-refractivity contribution is 9.10. The molecule has 0 aliphatic rings. The van der Waals surface area contributed by atoms with Crippen molar-refractivity contribution in [2.75, 3.05) is 0 Å². The van der Waals surface area contributed by atoms with Crippen molar-refractivity contribution in [3.05, 3.63) is 70.5 Å². The van der Waals surface area contributed by atoms with Crippen molar-refractivity contribution in [1.29, 1.82) is 0 Å². The molecule has 1 aromatic heterocycles. The summed E-state index contributed by atoms with van der Waals surface area (Å²) < 4.78 is 6.21. The standard InChI is InChI=1S/C19H18BrN3O2/c1-13(15-9-5-6-10-16(15)20)21-17(24)11-12-18-22-19(23-25-18)14-7-3-2-4-8-14/h2-10,13H,11-12H2,1H3,(H,21,24)/t13-/m0/s1. The number of aromatic nitrogens is 2. The van der Waals surface area contributed by atoms with E-state index in [0.717, 1.165) is 15.6 Å². The molecular formula is C19H18BrN3O2. The zero-order valence-corrected chi connectivity index (χ0v) is 15.4. The first-order valence-corrected chi connectivity index (χ1v) is 8.84. The lowest BCUT2D eigenvalue weighted by Crippen LogP contribution is -2.27. The van der Waals surface area contributed by atoms with Gasteiger partial charge in [-0.15, -0.1) is 0 Å². The Hall–Kier alpha value is -2.47. The Morgan fingerprint density at radius 2 is 1.88 bits per heavy atom. The molecule has 128 valence electrons. The molecule has 0 saturated heterocycles. The molecule has 3 aromatic rings. The van der Waals surface area contributed by atoms with Gasteiger partial charge < -0.3 is 9.84 Å². The molecule has 0 aliphatic heterocycles. The van der Waals surface area contributed by atoms with Crippen molar-refractivity contribution >= 4 is 21.8 Å². The van der Waals surface area contributed by atoms with Crippen LogP contribution in [-0.4, -0.2) is 16.0 Å².